The summed E-state index contributed by atoms with van der Waals surface area (Å²) in [7, 11) is 0. The van der Waals surface area contributed by atoms with Crippen LogP contribution in [0.4, 0.5) is 15.9 Å². The van der Waals surface area contributed by atoms with Crippen LogP contribution in [-0.4, -0.2) is 17.6 Å². The number of para-hydroxylation sites is 1. The number of aromatic nitrogens is 1. The monoisotopic (exact) mass is 263 g/mol. The van der Waals surface area contributed by atoms with Crippen molar-refractivity contribution in [1.82, 2.24) is 5.16 Å². The molecule has 0 unspecified atom stereocenters. The maximum atomic E-state index is 13.7. The van der Waals surface area contributed by atoms with Gasteiger partial charge in [-0.25, -0.2) is 4.39 Å². The highest BCUT2D eigenvalue weighted by Gasteiger charge is 2.15. The number of carbonyl (C=O) groups is 1. The van der Waals surface area contributed by atoms with Gasteiger partial charge in [0.1, 0.15) is 12.1 Å². The van der Waals surface area contributed by atoms with Crippen LogP contribution in [0.3, 0.4) is 0 Å². The molecular weight excluding hydrogens is 249 g/mol. The van der Waals surface area contributed by atoms with Gasteiger partial charge >= 0.3 is 0 Å². The molecule has 2 rings (SSSR count). The van der Waals surface area contributed by atoms with E-state index in [2.05, 4.69) is 20.3 Å². The largest absolute Gasteiger partial charge is 0.382 e. The molecule has 0 fully saturated rings. The Morgan fingerprint density at radius 2 is 2.26 bits per heavy atom. The Labute approximate surface area is 109 Å². The molecule has 5 nitrogen and oxygen atoms in total. The number of nitrogens with zero attached hydrogens (tertiary/aromatic N) is 1. The maximum absolute atomic E-state index is 13.7. The van der Waals surface area contributed by atoms with Crippen LogP contribution in [0, 0.1) is 5.82 Å². The highest BCUT2D eigenvalue weighted by Crippen LogP contribution is 2.21. The summed E-state index contributed by atoms with van der Waals surface area (Å²) in [6.07, 6.45) is 2.18. The van der Waals surface area contributed by atoms with Gasteiger partial charge in [-0.2, -0.15) is 0 Å². The highest BCUT2D eigenvalue weighted by atomic mass is 19.1. The molecule has 1 aromatic carbocycles. The van der Waals surface area contributed by atoms with Crippen molar-refractivity contribution in [2.24, 2.45) is 0 Å². The molecular formula is C13H14FN3O2. The molecule has 0 radical (unpaired) electrons. The number of hydrogen-bond acceptors (Lipinski definition) is 4. The van der Waals surface area contributed by atoms with Crippen molar-refractivity contribution in [3.63, 3.8) is 0 Å². The summed E-state index contributed by atoms with van der Waals surface area (Å²) in [5.74, 6) is -0.607. The minimum Gasteiger partial charge on any atom is -0.382 e. The molecule has 1 heterocycles. The zero-order valence-corrected chi connectivity index (χ0v) is 10.4. The number of benzene rings is 1. The van der Waals surface area contributed by atoms with Gasteiger partial charge in [0, 0.05) is 12.6 Å². The van der Waals surface area contributed by atoms with Gasteiger partial charge < -0.3 is 15.2 Å². The van der Waals surface area contributed by atoms with Crippen LogP contribution < -0.4 is 10.6 Å². The van der Waals surface area contributed by atoms with Gasteiger partial charge in [-0.15, -0.1) is 0 Å². The van der Waals surface area contributed by atoms with Crippen LogP contribution in [0.25, 0.3) is 0 Å². The van der Waals surface area contributed by atoms with E-state index in [1.807, 2.05) is 6.92 Å². The molecule has 0 saturated heterocycles. The van der Waals surface area contributed by atoms with Gasteiger partial charge in [0.15, 0.2) is 5.82 Å². The first-order chi connectivity index (χ1) is 9.22. The van der Waals surface area contributed by atoms with Crippen molar-refractivity contribution in [2.45, 2.75) is 13.3 Å². The van der Waals surface area contributed by atoms with Gasteiger partial charge in [0.25, 0.3) is 5.91 Å². The number of hydrogen-bond donors (Lipinski definition) is 2. The topological polar surface area (TPSA) is 67.2 Å². The maximum Gasteiger partial charge on any atom is 0.259 e. The van der Waals surface area contributed by atoms with Crippen molar-refractivity contribution in [1.29, 1.82) is 0 Å². The van der Waals surface area contributed by atoms with Crippen molar-refractivity contribution in [2.75, 3.05) is 17.2 Å². The summed E-state index contributed by atoms with van der Waals surface area (Å²) in [6, 6.07) is 5.86. The molecule has 100 valence electrons. The van der Waals surface area contributed by atoms with Gasteiger partial charge in [0.05, 0.1) is 11.3 Å². The molecule has 0 atom stereocenters. The van der Waals surface area contributed by atoms with Crippen LogP contribution in [0.2, 0.25) is 0 Å². The Morgan fingerprint density at radius 3 is 2.95 bits per heavy atom. The fourth-order valence-electron chi connectivity index (χ4n) is 1.60. The zero-order chi connectivity index (χ0) is 13.7. The normalized spacial score (nSPS) is 10.2. The van der Waals surface area contributed by atoms with Crippen LogP contribution >= 0.6 is 0 Å². The summed E-state index contributed by atoms with van der Waals surface area (Å²) in [5, 5.41) is 9.02. The smallest absolute Gasteiger partial charge is 0.259 e. The standard InChI is InChI=1S/C13H14FN3O2/c1-2-7-15-12-9(4-3-5-10(12)14)13(18)16-11-6-8-19-17-11/h3-6,8,15H,2,7H2,1H3,(H,16,17,18). The van der Waals surface area contributed by atoms with Crippen LogP contribution in [-0.2, 0) is 0 Å². The Kier molecular flexibility index (Phi) is 4.12. The lowest BCUT2D eigenvalue weighted by atomic mass is 10.1. The van der Waals surface area contributed by atoms with E-state index in [0.717, 1.165) is 6.42 Å². The molecule has 0 aliphatic heterocycles. The summed E-state index contributed by atoms with van der Waals surface area (Å²) < 4.78 is 18.4. The van der Waals surface area contributed by atoms with E-state index in [-0.39, 0.29) is 17.1 Å². The van der Waals surface area contributed by atoms with Gasteiger partial charge in [-0.05, 0) is 18.6 Å². The van der Waals surface area contributed by atoms with Gasteiger partial charge in [-0.1, -0.05) is 18.1 Å². The Bertz CT molecular complexity index is 555. The first-order valence-electron chi connectivity index (χ1n) is 5.96. The van der Waals surface area contributed by atoms with E-state index in [1.54, 1.807) is 6.07 Å². The number of rotatable bonds is 5. The lowest BCUT2D eigenvalue weighted by Crippen LogP contribution is -2.16. The number of anilines is 2. The second-order valence-electron chi connectivity index (χ2n) is 3.93. The lowest BCUT2D eigenvalue weighted by Gasteiger charge is -2.11. The average Bonchev–Trinajstić information content (AvgIpc) is 2.90. The third-order valence-corrected chi connectivity index (χ3v) is 2.49. The average molecular weight is 263 g/mol. The summed E-state index contributed by atoms with van der Waals surface area (Å²) in [5.41, 5.74) is 0.432. The van der Waals surface area contributed by atoms with Crippen molar-refractivity contribution >= 4 is 17.4 Å². The summed E-state index contributed by atoms with van der Waals surface area (Å²) in [4.78, 5) is 12.0. The van der Waals surface area contributed by atoms with Crippen LogP contribution in [0.5, 0.6) is 0 Å². The van der Waals surface area contributed by atoms with Gasteiger partial charge in [-0.3, -0.25) is 4.79 Å². The first-order valence-corrected chi connectivity index (χ1v) is 5.96. The predicted octanol–water partition coefficient (Wildman–Crippen LogP) is 2.89. The van der Waals surface area contributed by atoms with Crippen LogP contribution in [0.1, 0.15) is 23.7 Å². The van der Waals surface area contributed by atoms with E-state index < -0.39 is 11.7 Å². The minimum atomic E-state index is -0.457. The molecule has 0 aliphatic rings. The molecule has 0 spiro atoms. The summed E-state index contributed by atoms with van der Waals surface area (Å²) >= 11 is 0. The van der Waals surface area contributed by atoms with E-state index in [9.17, 15) is 9.18 Å². The van der Waals surface area contributed by atoms with Crippen molar-refractivity contribution in [3.05, 3.63) is 41.9 Å². The fourth-order valence-corrected chi connectivity index (χ4v) is 1.60. The number of nitrogens with one attached hydrogen (secondary N) is 2. The van der Waals surface area contributed by atoms with E-state index in [4.69, 9.17) is 0 Å². The lowest BCUT2D eigenvalue weighted by molar-refractivity contribution is 0.102. The third kappa shape index (κ3) is 3.09. The number of amides is 1. The van der Waals surface area contributed by atoms with Crippen molar-refractivity contribution in [3.8, 4) is 0 Å². The molecule has 6 heteroatoms. The SMILES string of the molecule is CCCNc1c(F)cccc1C(=O)Nc1ccon1. The van der Waals surface area contributed by atoms with Gasteiger partial charge in [0.2, 0.25) is 0 Å². The molecule has 0 saturated carbocycles. The molecule has 1 amide bonds. The predicted molar refractivity (Wildman–Crippen MR) is 69.6 cm³/mol. The number of carbonyl (C=O) groups excluding carboxylic acids is 1. The fraction of sp³-hybridized carbons (Fsp3) is 0.231. The quantitative estimate of drug-likeness (QED) is 0.870. The Balaban J connectivity index is 2.22. The third-order valence-electron chi connectivity index (χ3n) is 2.49. The number of halogens is 1. The van der Waals surface area contributed by atoms with Crippen LogP contribution in [0.15, 0.2) is 35.1 Å². The minimum absolute atomic E-state index is 0.199. The first kappa shape index (κ1) is 13.1. The molecule has 0 aliphatic carbocycles. The molecule has 1 aromatic heterocycles. The molecule has 2 N–H and O–H groups in total. The van der Waals surface area contributed by atoms with E-state index >= 15 is 0 Å². The van der Waals surface area contributed by atoms with Crippen molar-refractivity contribution < 1.29 is 13.7 Å². The zero-order valence-electron chi connectivity index (χ0n) is 10.4. The highest BCUT2D eigenvalue weighted by molar-refractivity contribution is 6.07. The van der Waals surface area contributed by atoms with E-state index in [1.165, 1.54) is 24.5 Å². The Hall–Kier alpha value is -2.37. The Morgan fingerprint density at radius 1 is 1.42 bits per heavy atom. The molecule has 19 heavy (non-hydrogen) atoms. The second kappa shape index (κ2) is 5.99. The molecule has 2 aromatic rings. The summed E-state index contributed by atoms with van der Waals surface area (Å²) in [6.45, 7) is 2.55. The second-order valence-corrected chi connectivity index (χ2v) is 3.93. The van der Waals surface area contributed by atoms with E-state index in [0.29, 0.717) is 6.54 Å². The molecule has 0 bridgehead atoms.